The molecule has 0 spiro atoms. The van der Waals surface area contributed by atoms with Crippen LogP contribution in [0.5, 0.6) is 0 Å². The molecule has 1 aliphatic heterocycles. The maximum absolute atomic E-state index is 10.9. The molecule has 0 amide bonds. The molecule has 1 aliphatic rings. The van der Waals surface area contributed by atoms with Crippen LogP contribution >= 0.6 is 0 Å². The van der Waals surface area contributed by atoms with Crippen molar-refractivity contribution in [3.63, 3.8) is 0 Å². The molecule has 0 bridgehead atoms. The zero-order chi connectivity index (χ0) is 13.7. The van der Waals surface area contributed by atoms with E-state index in [-0.39, 0.29) is 16.7 Å². The fourth-order valence-electron chi connectivity index (χ4n) is 2.34. The number of terminal acetylenes is 1. The molecule has 0 aromatic heterocycles. The highest BCUT2D eigenvalue weighted by molar-refractivity contribution is 5.61. The molecule has 1 aromatic rings. The highest BCUT2D eigenvalue weighted by Gasteiger charge is 2.21. The van der Waals surface area contributed by atoms with Crippen molar-refractivity contribution in [3.05, 3.63) is 34.4 Å². The average Bonchev–Trinajstić information content (AvgIpc) is 2.42. The van der Waals surface area contributed by atoms with Gasteiger partial charge in [-0.2, -0.15) is 0 Å². The molecular weight excluding hydrogens is 242 g/mol. The van der Waals surface area contributed by atoms with Crippen molar-refractivity contribution in [2.75, 3.05) is 25.0 Å². The number of rotatable bonds is 4. The van der Waals surface area contributed by atoms with E-state index >= 15 is 0 Å². The lowest BCUT2D eigenvalue weighted by molar-refractivity contribution is -0.384. The maximum atomic E-state index is 10.9. The molecule has 0 unspecified atom stereocenters. The van der Waals surface area contributed by atoms with Crippen LogP contribution in [-0.4, -0.2) is 35.5 Å². The van der Waals surface area contributed by atoms with E-state index < -0.39 is 0 Å². The molecule has 1 saturated heterocycles. The smallest absolute Gasteiger partial charge is 0.292 e. The third kappa shape index (κ3) is 3.46. The van der Waals surface area contributed by atoms with E-state index in [4.69, 9.17) is 6.42 Å². The van der Waals surface area contributed by atoms with Crippen LogP contribution < -0.4 is 5.32 Å². The number of likely N-dealkylation sites (tertiary alicyclic amines) is 1. The van der Waals surface area contributed by atoms with Gasteiger partial charge in [-0.25, -0.2) is 0 Å². The van der Waals surface area contributed by atoms with Crippen LogP contribution in [0, 0.1) is 22.5 Å². The van der Waals surface area contributed by atoms with Crippen molar-refractivity contribution < 1.29 is 4.92 Å². The monoisotopic (exact) mass is 259 g/mol. The minimum absolute atomic E-state index is 0.133. The lowest BCUT2D eigenvalue weighted by Crippen LogP contribution is -2.39. The van der Waals surface area contributed by atoms with Gasteiger partial charge in [-0.05, 0) is 18.9 Å². The topological polar surface area (TPSA) is 58.4 Å². The fourth-order valence-corrected chi connectivity index (χ4v) is 2.34. The standard InChI is InChI=1S/C14H17N3O2/c1-2-9-16-10-7-12(8-11-16)15-13-5-3-4-6-14(13)17(18)19/h1,3-6,12,15H,7-11H2. The first kappa shape index (κ1) is 13.4. The first-order valence-corrected chi connectivity index (χ1v) is 6.36. The molecule has 0 aliphatic carbocycles. The van der Waals surface area contributed by atoms with E-state index in [2.05, 4.69) is 16.1 Å². The third-order valence-corrected chi connectivity index (χ3v) is 3.36. The molecule has 19 heavy (non-hydrogen) atoms. The minimum Gasteiger partial charge on any atom is -0.377 e. The van der Waals surface area contributed by atoms with Gasteiger partial charge in [0.1, 0.15) is 5.69 Å². The van der Waals surface area contributed by atoms with E-state index in [9.17, 15) is 10.1 Å². The summed E-state index contributed by atoms with van der Waals surface area (Å²) in [6.45, 7) is 2.54. The van der Waals surface area contributed by atoms with Crippen molar-refractivity contribution in [2.24, 2.45) is 0 Å². The van der Waals surface area contributed by atoms with Gasteiger partial charge in [-0.15, -0.1) is 6.42 Å². The molecular formula is C14H17N3O2. The summed E-state index contributed by atoms with van der Waals surface area (Å²) in [4.78, 5) is 12.8. The summed E-state index contributed by atoms with van der Waals surface area (Å²) >= 11 is 0. The highest BCUT2D eigenvalue weighted by Crippen LogP contribution is 2.25. The number of benzene rings is 1. The van der Waals surface area contributed by atoms with Crippen LogP contribution in [0.25, 0.3) is 0 Å². The quantitative estimate of drug-likeness (QED) is 0.511. The normalized spacial score (nSPS) is 16.8. The van der Waals surface area contributed by atoms with Gasteiger partial charge in [0.2, 0.25) is 0 Å². The Hall–Kier alpha value is -2.06. The minimum atomic E-state index is -0.351. The van der Waals surface area contributed by atoms with Gasteiger partial charge in [0.15, 0.2) is 0 Å². The van der Waals surface area contributed by atoms with Gasteiger partial charge in [0, 0.05) is 25.2 Å². The van der Waals surface area contributed by atoms with E-state index in [0.717, 1.165) is 25.9 Å². The molecule has 1 fully saturated rings. The maximum Gasteiger partial charge on any atom is 0.292 e. The SMILES string of the molecule is C#CCN1CCC(Nc2ccccc2[N+](=O)[O-])CC1. The Morgan fingerprint density at radius 3 is 2.74 bits per heavy atom. The molecule has 0 radical (unpaired) electrons. The van der Waals surface area contributed by atoms with Crippen molar-refractivity contribution >= 4 is 11.4 Å². The van der Waals surface area contributed by atoms with E-state index in [1.807, 2.05) is 6.07 Å². The molecule has 1 heterocycles. The lowest BCUT2D eigenvalue weighted by Gasteiger charge is -2.31. The number of nitro groups is 1. The van der Waals surface area contributed by atoms with E-state index in [0.29, 0.717) is 12.2 Å². The second kappa shape index (κ2) is 6.21. The third-order valence-electron chi connectivity index (χ3n) is 3.36. The van der Waals surface area contributed by atoms with Crippen LogP contribution in [0.2, 0.25) is 0 Å². The van der Waals surface area contributed by atoms with Crippen LogP contribution in [0.3, 0.4) is 0 Å². The Bertz CT molecular complexity index is 488. The lowest BCUT2D eigenvalue weighted by atomic mass is 10.0. The zero-order valence-corrected chi connectivity index (χ0v) is 10.7. The Labute approximate surface area is 112 Å². The predicted molar refractivity (Wildman–Crippen MR) is 75.0 cm³/mol. The van der Waals surface area contributed by atoms with Crippen molar-refractivity contribution in [1.29, 1.82) is 0 Å². The molecule has 1 aromatic carbocycles. The number of hydrogen-bond donors (Lipinski definition) is 1. The largest absolute Gasteiger partial charge is 0.377 e. The summed E-state index contributed by atoms with van der Waals surface area (Å²) in [5.41, 5.74) is 0.733. The van der Waals surface area contributed by atoms with Gasteiger partial charge in [0.05, 0.1) is 11.5 Å². The Kier molecular flexibility index (Phi) is 4.37. The summed E-state index contributed by atoms with van der Waals surface area (Å²) < 4.78 is 0. The van der Waals surface area contributed by atoms with Gasteiger partial charge >= 0.3 is 0 Å². The summed E-state index contributed by atoms with van der Waals surface area (Å²) in [5.74, 6) is 2.64. The number of para-hydroxylation sites is 2. The average molecular weight is 259 g/mol. The molecule has 100 valence electrons. The number of hydrogen-bond acceptors (Lipinski definition) is 4. The summed E-state index contributed by atoms with van der Waals surface area (Å²) in [7, 11) is 0. The number of nitrogens with one attached hydrogen (secondary N) is 1. The Morgan fingerprint density at radius 2 is 2.11 bits per heavy atom. The van der Waals surface area contributed by atoms with Crippen molar-refractivity contribution in [3.8, 4) is 12.3 Å². The molecule has 1 N–H and O–H groups in total. The van der Waals surface area contributed by atoms with Crippen LogP contribution in [0.1, 0.15) is 12.8 Å². The molecule has 0 atom stereocenters. The summed E-state index contributed by atoms with van der Waals surface area (Å²) in [6.07, 6.45) is 7.19. The number of nitro benzene ring substituents is 1. The Morgan fingerprint density at radius 1 is 1.42 bits per heavy atom. The predicted octanol–water partition coefficient (Wildman–Crippen LogP) is 2.10. The van der Waals surface area contributed by atoms with Crippen molar-refractivity contribution in [1.82, 2.24) is 4.90 Å². The van der Waals surface area contributed by atoms with Gasteiger partial charge in [0.25, 0.3) is 5.69 Å². The van der Waals surface area contributed by atoms with E-state index in [1.54, 1.807) is 12.1 Å². The fraction of sp³-hybridized carbons (Fsp3) is 0.429. The zero-order valence-electron chi connectivity index (χ0n) is 10.7. The number of nitrogens with zero attached hydrogens (tertiary/aromatic N) is 2. The highest BCUT2D eigenvalue weighted by atomic mass is 16.6. The van der Waals surface area contributed by atoms with Crippen LogP contribution in [0.15, 0.2) is 24.3 Å². The van der Waals surface area contributed by atoms with Crippen LogP contribution in [-0.2, 0) is 0 Å². The molecule has 2 rings (SSSR count). The van der Waals surface area contributed by atoms with Gasteiger partial charge in [-0.1, -0.05) is 18.1 Å². The van der Waals surface area contributed by atoms with Crippen LogP contribution in [0.4, 0.5) is 11.4 Å². The first-order chi connectivity index (χ1) is 9.20. The second-order valence-corrected chi connectivity index (χ2v) is 4.67. The molecule has 5 heteroatoms. The number of anilines is 1. The second-order valence-electron chi connectivity index (χ2n) is 4.67. The Balaban J connectivity index is 1.96. The summed E-state index contributed by atoms with van der Waals surface area (Å²) in [5, 5.41) is 14.2. The molecule has 5 nitrogen and oxygen atoms in total. The van der Waals surface area contributed by atoms with Gasteiger partial charge < -0.3 is 5.32 Å². The van der Waals surface area contributed by atoms with Gasteiger partial charge in [-0.3, -0.25) is 15.0 Å². The number of piperidine rings is 1. The van der Waals surface area contributed by atoms with Crippen molar-refractivity contribution in [2.45, 2.75) is 18.9 Å². The summed E-state index contributed by atoms with van der Waals surface area (Å²) in [6, 6.07) is 7.04. The molecule has 0 saturated carbocycles. The first-order valence-electron chi connectivity index (χ1n) is 6.36. The van der Waals surface area contributed by atoms with E-state index in [1.165, 1.54) is 6.07 Å².